The van der Waals surface area contributed by atoms with Crippen molar-refractivity contribution in [3.63, 3.8) is 0 Å². The maximum Gasteiger partial charge on any atom is 0.243 e. The number of piperidine rings is 1. The van der Waals surface area contributed by atoms with E-state index in [9.17, 15) is 8.42 Å². The Morgan fingerprint density at radius 1 is 1.27 bits per heavy atom. The molecule has 1 atom stereocenters. The lowest BCUT2D eigenvalue weighted by Crippen LogP contribution is -2.39. The molecule has 1 fully saturated rings. The molecular weight excluding hydrogens is 388 g/mol. The summed E-state index contributed by atoms with van der Waals surface area (Å²) in [7, 11) is -3.48. The van der Waals surface area contributed by atoms with Crippen molar-refractivity contribution in [1.29, 1.82) is 0 Å². The first kappa shape index (κ1) is 15.9. The molecule has 9 heteroatoms. The molecule has 0 bridgehead atoms. The molecular formula is C13H15BrN4O2S2. The predicted octanol–water partition coefficient (Wildman–Crippen LogP) is 2.45. The van der Waals surface area contributed by atoms with Crippen molar-refractivity contribution in [2.75, 3.05) is 18.8 Å². The molecule has 0 unspecified atom stereocenters. The molecule has 0 radical (unpaired) electrons. The van der Waals surface area contributed by atoms with Crippen LogP contribution in [0.2, 0.25) is 0 Å². The molecule has 1 aliphatic heterocycles. The molecule has 0 amide bonds. The van der Waals surface area contributed by atoms with E-state index in [0.29, 0.717) is 23.1 Å². The van der Waals surface area contributed by atoms with Gasteiger partial charge < -0.3 is 5.73 Å². The molecule has 3 rings (SSSR count). The maximum atomic E-state index is 12.7. The number of hydrogen-bond acceptors (Lipinski definition) is 6. The van der Waals surface area contributed by atoms with E-state index in [1.165, 1.54) is 15.6 Å². The van der Waals surface area contributed by atoms with Gasteiger partial charge >= 0.3 is 0 Å². The van der Waals surface area contributed by atoms with Crippen LogP contribution in [0.3, 0.4) is 0 Å². The van der Waals surface area contributed by atoms with E-state index < -0.39 is 10.0 Å². The average Bonchev–Trinajstić information content (AvgIpc) is 2.94. The number of nitrogens with zero attached hydrogens (tertiary/aromatic N) is 3. The van der Waals surface area contributed by atoms with Crippen LogP contribution in [0.5, 0.6) is 0 Å². The van der Waals surface area contributed by atoms with Crippen LogP contribution in [-0.4, -0.2) is 36.0 Å². The number of sulfonamides is 1. The number of aromatic nitrogens is 2. The molecule has 118 valence electrons. The highest BCUT2D eigenvalue weighted by molar-refractivity contribution is 9.10. The lowest BCUT2D eigenvalue weighted by Gasteiger charge is -2.30. The first-order valence-corrected chi connectivity index (χ1v) is 9.86. The van der Waals surface area contributed by atoms with Gasteiger partial charge in [-0.15, -0.1) is 10.2 Å². The van der Waals surface area contributed by atoms with Crippen molar-refractivity contribution < 1.29 is 8.42 Å². The highest BCUT2D eigenvalue weighted by Gasteiger charge is 2.32. The zero-order chi connectivity index (χ0) is 15.7. The third-order valence-corrected chi connectivity index (χ3v) is 6.96. The van der Waals surface area contributed by atoms with Gasteiger partial charge in [0, 0.05) is 23.5 Å². The fraction of sp³-hybridized carbons (Fsp3) is 0.385. The minimum atomic E-state index is -3.48. The van der Waals surface area contributed by atoms with Gasteiger partial charge in [0.25, 0.3) is 0 Å². The van der Waals surface area contributed by atoms with E-state index in [2.05, 4.69) is 26.1 Å². The quantitative estimate of drug-likeness (QED) is 0.851. The van der Waals surface area contributed by atoms with Crippen molar-refractivity contribution >= 4 is 42.4 Å². The van der Waals surface area contributed by atoms with E-state index >= 15 is 0 Å². The Kier molecular flexibility index (Phi) is 4.49. The number of benzene rings is 1. The van der Waals surface area contributed by atoms with E-state index in [-0.39, 0.29) is 5.92 Å². The topological polar surface area (TPSA) is 89.2 Å². The van der Waals surface area contributed by atoms with E-state index in [4.69, 9.17) is 5.73 Å². The molecule has 1 saturated heterocycles. The third-order valence-electron chi connectivity index (χ3n) is 3.64. The smallest absolute Gasteiger partial charge is 0.243 e. The van der Waals surface area contributed by atoms with Crippen molar-refractivity contribution in [3.8, 4) is 0 Å². The van der Waals surface area contributed by atoms with Crippen molar-refractivity contribution in [1.82, 2.24) is 14.5 Å². The number of nitrogens with two attached hydrogens (primary N) is 1. The second-order valence-corrected chi connectivity index (χ2v) is 9.03. The molecule has 0 saturated carbocycles. The normalized spacial score (nSPS) is 20.1. The highest BCUT2D eigenvalue weighted by Crippen LogP contribution is 2.32. The average molecular weight is 403 g/mol. The summed E-state index contributed by atoms with van der Waals surface area (Å²) in [6, 6.07) is 6.71. The summed E-state index contributed by atoms with van der Waals surface area (Å²) in [5.41, 5.74) is 5.62. The third kappa shape index (κ3) is 3.17. The molecule has 1 aromatic carbocycles. The molecule has 2 heterocycles. The molecule has 6 nitrogen and oxygen atoms in total. The number of nitrogen functional groups attached to an aromatic ring is 1. The Hall–Kier alpha value is -1.03. The van der Waals surface area contributed by atoms with Gasteiger partial charge in [-0.2, -0.15) is 4.31 Å². The summed E-state index contributed by atoms with van der Waals surface area (Å²) < 4.78 is 27.9. The molecule has 2 N–H and O–H groups in total. The van der Waals surface area contributed by atoms with Crippen LogP contribution in [0.25, 0.3) is 0 Å². The summed E-state index contributed by atoms with van der Waals surface area (Å²) in [6.45, 7) is 0.955. The lowest BCUT2D eigenvalue weighted by molar-refractivity contribution is 0.314. The van der Waals surface area contributed by atoms with Crippen molar-refractivity contribution in [2.24, 2.45) is 0 Å². The van der Waals surface area contributed by atoms with Gasteiger partial charge in [0.2, 0.25) is 15.2 Å². The monoisotopic (exact) mass is 402 g/mol. The molecule has 22 heavy (non-hydrogen) atoms. The van der Waals surface area contributed by atoms with E-state index in [1.54, 1.807) is 24.3 Å². The SMILES string of the molecule is Nc1nnc([C@H]2CCCN(S(=O)(=O)c3ccc(Br)cc3)C2)s1. The molecule has 0 aliphatic carbocycles. The highest BCUT2D eigenvalue weighted by atomic mass is 79.9. The summed E-state index contributed by atoms with van der Waals surface area (Å²) in [4.78, 5) is 0.313. The van der Waals surface area contributed by atoms with Crippen LogP contribution < -0.4 is 5.73 Å². The standard InChI is InChI=1S/C13H15BrN4O2S2/c14-10-3-5-11(6-4-10)22(19,20)18-7-1-2-9(8-18)12-16-17-13(15)21-12/h3-6,9H,1-2,7-8H2,(H2,15,17)/t9-/m0/s1. The number of hydrogen-bond donors (Lipinski definition) is 1. The van der Waals surface area contributed by atoms with Gasteiger partial charge in [0.15, 0.2) is 0 Å². The van der Waals surface area contributed by atoms with Gasteiger partial charge in [-0.05, 0) is 37.1 Å². The molecule has 1 aromatic heterocycles. The number of rotatable bonds is 3. The Morgan fingerprint density at radius 2 is 2.00 bits per heavy atom. The first-order valence-electron chi connectivity index (χ1n) is 6.81. The van der Waals surface area contributed by atoms with Gasteiger partial charge in [0.05, 0.1) is 4.90 Å². The first-order chi connectivity index (χ1) is 10.5. The second-order valence-electron chi connectivity index (χ2n) is 5.13. The number of halogens is 1. The summed E-state index contributed by atoms with van der Waals surface area (Å²) in [5.74, 6) is 0.0637. The van der Waals surface area contributed by atoms with Gasteiger partial charge in [0.1, 0.15) is 5.01 Å². The Bertz CT molecular complexity index is 761. The van der Waals surface area contributed by atoms with Crippen LogP contribution in [0, 0.1) is 0 Å². The van der Waals surface area contributed by atoms with Crippen molar-refractivity contribution in [3.05, 3.63) is 33.7 Å². The predicted molar refractivity (Wildman–Crippen MR) is 89.2 cm³/mol. The minimum absolute atomic E-state index is 0.0637. The van der Waals surface area contributed by atoms with Crippen LogP contribution in [0.15, 0.2) is 33.6 Å². The minimum Gasteiger partial charge on any atom is -0.374 e. The summed E-state index contributed by atoms with van der Waals surface area (Å²) in [6.07, 6.45) is 1.71. The van der Waals surface area contributed by atoms with Gasteiger partial charge in [-0.25, -0.2) is 8.42 Å². The van der Waals surface area contributed by atoms with Crippen LogP contribution in [-0.2, 0) is 10.0 Å². The molecule has 0 spiro atoms. The van der Waals surface area contributed by atoms with Crippen LogP contribution >= 0.6 is 27.3 Å². The molecule has 2 aromatic rings. The Morgan fingerprint density at radius 3 is 2.64 bits per heavy atom. The van der Waals surface area contributed by atoms with E-state index in [0.717, 1.165) is 22.3 Å². The fourth-order valence-corrected chi connectivity index (χ4v) is 5.05. The maximum absolute atomic E-state index is 12.7. The second kappa shape index (κ2) is 6.23. The zero-order valence-corrected chi connectivity index (χ0v) is 14.9. The van der Waals surface area contributed by atoms with E-state index in [1.807, 2.05) is 0 Å². The Balaban J connectivity index is 1.83. The fourth-order valence-electron chi connectivity index (χ4n) is 2.53. The molecule has 1 aliphatic rings. The Labute approximate surface area is 141 Å². The summed E-state index contributed by atoms with van der Waals surface area (Å²) in [5, 5.41) is 9.11. The van der Waals surface area contributed by atoms with Crippen LogP contribution in [0.4, 0.5) is 5.13 Å². The number of anilines is 1. The van der Waals surface area contributed by atoms with Gasteiger partial charge in [-0.1, -0.05) is 27.3 Å². The zero-order valence-electron chi connectivity index (χ0n) is 11.6. The van der Waals surface area contributed by atoms with Crippen molar-refractivity contribution in [2.45, 2.75) is 23.7 Å². The lowest BCUT2D eigenvalue weighted by atomic mass is 10.0. The summed E-state index contributed by atoms with van der Waals surface area (Å²) >= 11 is 4.65. The van der Waals surface area contributed by atoms with Gasteiger partial charge in [-0.3, -0.25) is 0 Å². The largest absolute Gasteiger partial charge is 0.374 e. The van der Waals surface area contributed by atoms with Crippen LogP contribution in [0.1, 0.15) is 23.8 Å².